The molecule has 0 aliphatic heterocycles. The van der Waals surface area contributed by atoms with Crippen LogP contribution in [0.25, 0.3) is 5.52 Å². The van der Waals surface area contributed by atoms with Gasteiger partial charge in [0.15, 0.2) is 0 Å². The quantitative estimate of drug-likeness (QED) is 0.407. The first-order valence-corrected chi connectivity index (χ1v) is 9.68. The highest BCUT2D eigenvalue weighted by atomic mass is 35.5. The summed E-state index contributed by atoms with van der Waals surface area (Å²) in [6, 6.07) is 19.2. The zero-order chi connectivity index (χ0) is 20.5. The SMILES string of the molecule is Cc1c(C(=O)Nc2ccccc2Cl)c2ccccn2c1C(=O)c1ccc(Cl)cc1. The van der Waals surface area contributed by atoms with Gasteiger partial charge >= 0.3 is 0 Å². The Morgan fingerprint density at radius 3 is 2.31 bits per heavy atom. The molecular weight excluding hydrogens is 407 g/mol. The number of carbonyl (C=O) groups excluding carboxylic acids is 2. The van der Waals surface area contributed by atoms with Gasteiger partial charge in [-0.05, 0) is 61.0 Å². The molecule has 1 amide bonds. The van der Waals surface area contributed by atoms with Crippen molar-refractivity contribution in [2.24, 2.45) is 0 Å². The third-order valence-electron chi connectivity index (χ3n) is 4.76. The van der Waals surface area contributed by atoms with Crippen LogP contribution in [0.1, 0.15) is 32.0 Å². The van der Waals surface area contributed by atoms with Crippen LogP contribution in [0.2, 0.25) is 10.0 Å². The molecular formula is C23H16Cl2N2O2. The molecule has 4 nitrogen and oxygen atoms in total. The first-order valence-electron chi connectivity index (χ1n) is 8.93. The van der Waals surface area contributed by atoms with Crippen LogP contribution in [0.3, 0.4) is 0 Å². The van der Waals surface area contributed by atoms with E-state index in [2.05, 4.69) is 5.32 Å². The Hall–Kier alpha value is -3.08. The molecule has 0 saturated heterocycles. The summed E-state index contributed by atoms with van der Waals surface area (Å²) in [5, 5.41) is 3.84. The van der Waals surface area contributed by atoms with Gasteiger partial charge in [-0.3, -0.25) is 9.59 Å². The maximum atomic E-state index is 13.2. The second-order valence-corrected chi connectivity index (χ2v) is 7.42. The fourth-order valence-electron chi connectivity index (χ4n) is 3.38. The third kappa shape index (κ3) is 3.53. The number of anilines is 1. The molecule has 0 bridgehead atoms. The van der Waals surface area contributed by atoms with Crippen LogP contribution in [0, 0.1) is 6.92 Å². The van der Waals surface area contributed by atoms with Gasteiger partial charge < -0.3 is 9.72 Å². The van der Waals surface area contributed by atoms with Gasteiger partial charge in [0.05, 0.1) is 27.5 Å². The summed E-state index contributed by atoms with van der Waals surface area (Å²) in [5.41, 5.74) is 3.13. The number of hydrogen-bond acceptors (Lipinski definition) is 2. The van der Waals surface area contributed by atoms with Gasteiger partial charge in [0.25, 0.3) is 5.91 Å². The second-order valence-electron chi connectivity index (χ2n) is 6.57. The molecule has 29 heavy (non-hydrogen) atoms. The first-order chi connectivity index (χ1) is 14.0. The lowest BCUT2D eigenvalue weighted by molar-refractivity contribution is 0.102. The predicted molar refractivity (Wildman–Crippen MR) is 116 cm³/mol. The van der Waals surface area contributed by atoms with E-state index in [1.54, 1.807) is 66.1 Å². The fraction of sp³-hybridized carbons (Fsp3) is 0.0435. The summed E-state index contributed by atoms with van der Waals surface area (Å²) in [4.78, 5) is 26.3. The van der Waals surface area contributed by atoms with Crippen molar-refractivity contribution in [3.05, 3.63) is 105 Å². The third-order valence-corrected chi connectivity index (χ3v) is 5.34. The number of halogens is 2. The van der Waals surface area contributed by atoms with Gasteiger partial charge in [0.1, 0.15) is 0 Å². The monoisotopic (exact) mass is 422 g/mol. The van der Waals surface area contributed by atoms with Crippen LogP contribution in [0.15, 0.2) is 72.9 Å². The molecule has 0 spiro atoms. The molecule has 0 aliphatic rings. The molecule has 4 rings (SSSR count). The zero-order valence-corrected chi connectivity index (χ0v) is 17.0. The average molecular weight is 423 g/mol. The number of pyridine rings is 1. The molecule has 2 heterocycles. The average Bonchev–Trinajstić information content (AvgIpc) is 3.01. The van der Waals surface area contributed by atoms with E-state index in [0.29, 0.717) is 43.6 Å². The molecule has 2 aromatic heterocycles. The number of nitrogens with one attached hydrogen (secondary N) is 1. The van der Waals surface area contributed by atoms with Crippen molar-refractivity contribution in [1.29, 1.82) is 0 Å². The van der Waals surface area contributed by atoms with Crippen LogP contribution in [0.4, 0.5) is 5.69 Å². The van der Waals surface area contributed by atoms with Gasteiger partial charge in [0, 0.05) is 16.8 Å². The summed E-state index contributed by atoms with van der Waals surface area (Å²) in [6.07, 6.45) is 1.78. The Balaban J connectivity index is 1.83. The topological polar surface area (TPSA) is 50.6 Å². The van der Waals surface area contributed by atoms with Crippen molar-refractivity contribution >= 4 is 46.1 Å². The normalized spacial score (nSPS) is 10.9. The van der Waals surface area contributed by atoms with Crippen molar-refractivity contribution < 1.29 is 9.59 Å². The minimum atomic E-state index is -0.325. The number of aromatic nitrogens is 1. The van der Waals surface area contributed by atoms with E-state index in [1.807, 2.05) is 18.2 Å². The standard InChI is InChI=1S/C23H16Cl2N2O2/c1-14-20(23(29)26-18-7-3-2-6-17(18)25)19-8-4-5-13-27(19)21(14)22(28)15-9-11-16(24)12-10-15/h2-13H,1H3,(H,26,29). The number of ketones is 1. The highest BCUT2D eigenvalue weighted by Crippen LogP contribution is 2.28. The molecule has 1 N–H and O–H groups in total. The minimum Gasteiger partial charge on any atom is -0.321 e. The van der Waals surface area contributed by atoms with Crippen molar-refractivity contribution in [2.45, 2.75) is 6.92 Å². The number of amides is 1. The highest BCUT2D eigenvalue weighted by molar-refractivity contribution is 6.34. The maximum absolute atomic E-state index is 13.2. The Bertz CT molecular complexity index is 1240. The van der Waals surface area contributed by atoms with Crippen LogP contribution in [-0.2, 0) is 0 Å². The van der Waals surface area contributed by atoms with E-state index >= 15 is 0 Å². The van der Waals surface area contributed by atoms with Crippen LogP contribution in [0.5, 0.6) is 0 Å². The lowest BCUT2D eigenvalue weighted by atomic mass is 10.0. The highest BCUT2D eigenvalue weighted by Gasteiger charge is 2.25. The van der Waals surface area contributed by atoms with Gasteiger partial charge in [0.2, 0.25) is 5.78 Å². The molecule has 0 atom stereocenters. The summed E-state index contributed by atoms with van der Waals surface area (Å²) < 4.78 is 1.74. The van der Waals surface area contributed by atoms with E-state index in [9.17, 15) is 9.59 Å². The molecule has 0 unspecified atom stereocenters. The number of fused-ring (bicyclic) bond motifs is 1. The van der Waals surface area contributed by atoms with Gasteiger partial charge in [-0.1, -0.05) is 41.4 Å². The Morgan fingerprint density at radius 1 is 0.897 bits per heavy atom. The molecule has 4 aromatic rings. The summed E-state index contributed by atoms with van der Waals surface area (Å²) in [7, 11) is 0. The van der Waals surface area contributed by atoms with Gasteiger partial charge in [-0.2, -0.15) is 0 Å². The van der Waals surface area contributed by atoms with Crippen molar-refractivity contribution in [3.8, 4) is 0 Å². The molecule has 0 saturated carbocycles. The molecule has 2 aromatic carbocycles. The number of nitrogens with zero attached hydrogens (tertiary/aromatic N) is 1. The fourth-order valence-corrected chi connectivity index (χ4v) is 3.69. The zero-order valence-electron chi connectivity index (χ0n) is 15.4. The predicted octanol–water partition coefficient (Wildman–Crippen LogP) is 6.04. The molecule has 144 valence electrons. The van der Waals surface area contributed by atoms with Crippen molar-refractivity contribution in [3.63, 3.8) is 0 Å². The molecule has 6 heteroatoms. The molecule has 0 aliphatic carbocycles. The largest absolute Gasteiger partial charge is 0.321 e. The Labute approximate surface area is 177 Å². The number of benzene rings is 2. The number of rotatable bonds is 4. The van der Waals surface area contributed by atoms with E-state index < -0.39 is 0 Å². The van der Waals surface area contributed by atoms with E-state index in [1.165, 1.54) is 0 Å². The van der Waals surface area contributed by atoms with Crippen LogP contribution >= 0.6 is 23.2 Å². The second kappa shape index (κ2) is 7.74. The number of para-hydroxylation sites is 1. The minimum absolute atomic E-state index is 0.183. The van der Waals surface area contributed by atoms with Crippen molar-refractivity contribution in [1.82, 2.24) is 4.40 Å². The lowest BCUT2D eigenvalue weighted by Crippen LogP contribution is -2.13. The summed E-state index contributed by atoms with van der Waals surface area (Å²) in [6.45, 7) is 1.78. The molecule has 0 radical (unpaired) electrons. The number of hydrogen-bond donors (Lipinski definition) is 1. The van der Waals surface area contributed by atoms with Gasteiger partial charge in [-0.25, -0.2) is 0 Å². The summed E-state index contributed by atoms with van der Waals surface area (Å²) in [5.74, 6) is -0.508. The number of carbonyl (C=O) groups is 2. The van der Waals surface area contributed by atoms with E-state index in [4.69, 9.17) is 23.2 Å². The van der Waals surface area contributed by atoms with Crippen LogP contribution in [-0.4, -0.2) is 16.1 Å². The lowest BCUT2D eigenvalue weighted by Gasteiger charge is -2.07. The first kappa shape index (κ1) is 19.2. The summed E-state index contributed by atoms with van der Waals surface area (Å²) >= 11 is 12.1. The van der Waals surface area contributed by atoms with E-state index in [0.717, 1.165) is 0 Å². The molecule has 0 fully saturated rings. The smallest absolute Gasteiger partial charge is 0.258 e. The van der Waals surface area contributed by atoms with Gasteiger partial charge in [-0.15, -0.1) is 0 Å². The Morgan fingerprint density at radius 2 is 1.59 bits per heavy atom. The van der Waals surface area contributed by atoms with Crippen LogP contribution < -0.4 is 5.32 Å². The van der Waals surface area contributed by atoms with Crippen molar-refractivity contribution in [2.75, 3.05) is 5.32 Å². The van der Waals surface area contributed by atoms with E-state index in [-0.39, 0.29) is 11.7 Å². The maximum Gasteiger partial charge on any atom is 0.258 e. The Kier molecular flexibility index (Phi) is 5.14.